The number of fused-ring (bicyclic) bond motifs is 3. The maximum absolute atomic E-state index is 10.6. The third-order valence-corrected chi connectivity index (χ3v) is 3.66. The summed E-state index contributed by atoms with van der Waals surface area (Å²) < 4.78 is 0. The van der Waals surface area contributed by atoms with Crippen molar-refractivity contribution in [2.75, 3.05) is 26.2 Å². The summed E-state index contributed by atoms with van der Waals surface area (Å²) in [5.74, 6) is 0.675. The molecule has 86 valence electrons. The van der Waals surface area contributed by atoms with Crippen molar-refractivity contribution in [1.29, 1.82) is 0 Å². The van der Waals surface area contributed by atoms with Crippen LogP contribution in [0, 0.1) is 5.92 Å². The Morgan fingerprint density at radius 3 is 2.67 bits per heavy atom. The third kappa shape index (κ3) is 2.92. The number of carbonyl (C=O) groups excluding carboxylic acids is 1. The van der Waals surface area contributed by atoms with E-state index in [9.17, 15) is 4.79 Å². The predicted molar refractivity (Wildman–Crippen MR) is 59.4 cm³/mol. The van der Waals surface area contributed by atoms with Gasteiger partial charge in [0.15, 0.2) is 0 Å². The van der Waals surface area contributed by atoms with Crippen molar-refractivity contribution in [2.45, 2.75) is 31.7 Å². The van der Waals surface area contributed by atoms with Crippen LogP contribution in [0.25, 0.3) is 0 Å². The van der Waals surface area contributed by atoms with Crippen LogP contribution in [-0.2, 0) is 4.79 Å². The fourth-order valence-electron chi connectivity index (χ4n) is 2.75. The molecule has 3 rings (SSSR count). The van der Waals surface area contributed by atoms with Crippen LogP contribution in [0.1, 0.15) is 25.7 Å². The zero-order valence-corrected chi connectivity index (χ0v) is 9.24. The van der Waals surface area contributed by atoms with Crippen molar-refractivity contribution in [3.8, 4) is 0 Å². The van der Waals surface area contributed by atoms with Crippen LogP contribution >= 0.6 is 0 Å². The average Bonchev–Trinajstić information content (AvgIpc) is 2.26. The van der Waals surface area contributed by atoms with Gasteiger partial charge in [-0.1, -0.05) is 0 Å². The van der Waals surface area contributed by atoms with Gasteiger partial charge in [0, 0.05) is 19.0 Å². The monoisotopic (exact) mass is 211 g/mol. The molecule has 1 amide bonds. The second kappa shape index (κ2) is 4.94. The lowest BCUT2D eigenvalue weighted by atomic mass is 9.84. The summed E-state index contributed by atoms with van der Waals surface area (Å²) in [6, 6.07) is 0.653. The molecule has 3 aliphatic heterocycles. The van der Waals surface area contributed by atoms with Gasteiger partial charge >= 0.3 is 0 Å². The maximum atomic E-state index is 10.6. The van der Waals surface area contributed by atoms with E-state index in [1.807, 2.05) is 0 Å². The summed E-state index contributed by atoms with van der Waals surface area (Å²) in [4.78, 5) is 13.1. The highest BCUT2D eigenvalue weighted by Gasteiger charge is 2.33. The number of hydrogen-bond acceptors (Lipinski definition) is 3. The molecule has 15 heavy (non-hydrogen) atoms. The Morgan fingerprint density at radius 2 is 2.13 bits per heavy atom. The Kier molecular flexibility index (Phi) is 3.59. The van der Waals surface area contributed by atoms with E-state index in [-0.39, 0.29) is 5.91 Å². The zero-order chi connectivity index (χ0) is 10.7. The van der Waals surface area contributed by atoms with Crippen LogP contribution in [-0.4, -0.2) is 43.0 Å². The van der Waals surface area contributed by atoms with E-state index in [1.54, 1.807) is 0 Å². The van der Waals surface area contributed by atoms with Gasteiger partial charge in [0.1, 0.15) is 0 Å². The predicted octanol–water partition coefficient (Wildman–Crippen LogP) is -0.0643. The van der Waals surface area contributed by atoms with Gasteiger partial charge in [0.05, 0.1) is 0 Å². The van der Waals surface area contributed by atoms with Crippen molar-refractivity contribution < 1.29 is 4.79 Å². The molecule has 0 radical (unpaired) electrons. The molecule has 3 heterocycles. The smallest absolute Gasteiger partial charge is 0.217 e. The molecule has 3 saturated heterocycles. The largest absolute Gasteiger partial charge is 0.370 e. The molecular formula is C11H21N3O. The molecule has 0 aromatic carbocycles. The van der Waals surface area contributed by atoms with Crippen molar-refractivity contribution in [2.24, 2.45) is 11.7 Å². The first-order valence-electron chi connectivity index (χ1n) is 6.00. The Morgan fingerprint density at radius 1 is 1.40 bits per heavy atom. The Balaban J connectivity index is 1.65. The molecule has 0 aromatic heterocycles. The minimum absolute atomic E-state index is 0.189. The number of carbonyl (C=O) groups is 1. The average molecular weight is 211 g/mol. The summed E-state index contributed by atoms with van der Waals surface area (Å²) in [6.45, 7) is 4.69. The minimum Gasteiger partial charge on any atom is -0.370 e. The van der Waals surface area contributed by atoms with E-state index in [4.69, 9.17) is 5.73 Å². The van der Waals surface area contributed by atoms with Crippen LogP contribution in [0.4, 0.5) is 0 Å². The lowest BCUT2D eigenvalue weighted by molar-refractivity contribution is -0.118. The molecule has 3 fully saturated rings. The Bertz CT molecular complexity index is 224. The van der Waals surface area contributed by atoms with Gasteiger partial charge in [-0.15, -0.1) is 0 Å². The molecule has 2 bridgehead atoms. The normalized spacial score (nSPS) is 34.3. The summed E-state index contributed by atoms with van der Waals surface area (Å²) in [7, 11) is 0. The van der Waals surface area contributed by atoms with Crippen LogP contribution < -0.4 is 11.1 Å². The summed E-state index contributed by atoms with van der Waals surface area (Å²) in [5.41, 5.74) is 5.10. The summed E-state index contributed by atoms with van der Waals surface area (Å²) in [6.07, 6.45) is 4.06. The fraction of sp³-hybridized carbons (Fsp3) is 0.909. The van der Waals surface area contributed by atoms with Gasteiger partial charge in [-0.05, 0) is 44.8 Å². The molecule has 0 saturated carbocycles. The van der Waals surface area contributed by atoms with Crippen molar-refractivity contribution >= 4 is 5.91 Å². The number of hydrogen-bond donors (Lipinski definition) is 2. The first kappa shape index (κ1) is 10.9. The molecule has 4 heteroatoms. The van der Waals surface area contributed by atoms with Crippen LogP contribution in [0.2, 0.25) is 0 Å². The summed E-state index contributed by atoms with van der Waals surface area (Å²) in [5, 5.41) is 3.56. The van der Waals surface area contributed by atoms with Crippen LogP contribution in [0.15, 0.2) is 0 Å². The number of primary amides is 1. The van der Waals surface area contributed by atoms with Crippen molar-refractivity contribution in [1.82, 2.24) is 10.2 Å². The lowest BCUT2D eigenvalue weighted by Crippen LogP contribution is -2.56. The van der Waals surface area contributed by atoms with Gasteiger partial charge in [0.2, 0.25) is 5.91 Å². The van der Waals surface area contributed by atoms with Crippen LogP contribution in [0.3, 0.4) is 0 Å². The molecule has 0 spiro atoms. The highest BCUT2D eigenvalue weighted by atomic mass is 16.1. The quantitative estimate of drug-likeness (QED) is 0.626. The van der Waals surface area contributed by atoms with Gasteiger partial charge in [-0.2, -0.15) is 0 Å². The zero-order valence-electron chi connectivity index (χ0n) is 9.24. The number of rotatable bonds is 5. The SMILES string of the molecule is NC(=O)CCCNC1CN2CCC1CC2. The van der Waals surface area contributed by atoms with E-state index in [2.05, 4.69) is 10.2 Å². The molecule has 4 nitrogen and oxygen atoms in total. The topological polar surface area (TPSA) is 58.4 Å². The minimum atomic E-state index is -0.189. The van der Waals surface area contributed by atoms with Crippen molar-refractivity contribution in [3.05, 3.63) is 0 Å². The lowest BCUT2D eigenvalue weighted by Gasteiger charge is -2.45. The molecule has 3 N–H and O–H groups in total. The van der Waals surface area contributed by atoms with E-state index in [0.29, 0.717) is 12.5 Å². The first-order valence-corrected chi connectivity index (χ1v) is 6.00. The van der Waals surface area contributed by atoms with Gasteiger partial charge < -0.3 is 16.0 Å². The highest BCUT2D eigenvalue weighted by molar-refractivity contribution is 5.73. The number of nitrogens with one attached hydrogen (secondary N) is 1. The van der Waals surface area contributed by atoms with Gasteiger partial charge in [0.25, 0.3) is 0 Å². The van der Waals surface area contributed by atoms with Gasteiger partial charge in [-0.3, -0.25) is 4.79 Å². The number of amides is 1. The third-order valence-electron chi connectivity index (χ3n) is 3.66. The second-order valence-corrected chi connectivity index (χ2v) is 4.77. The van der Waals surface area contributed by atoms with Crippen LogP contribution in [0.5, 0.6) is 0 Å². The standard InChI is InChI=1S/C11H21N3O/c12-11(15)2-1-5-13-10-8-14-6-3-9(10)4-7-14/h9-10,13H,1-8H2,(H2,12,15). The maximum Gasteiger partial charge on any atom is 0.217 e. The molecule has 0 aliphatic carbocycles. The van der Waals surface area contributed by atoms with E-state index >= 15 is 0 Å². The number of nitrogens with zero attached hydrogens (tertiary/aromatic N) is 1. The fourth-order valence-corrected chi connectivity index (χ4v) is 2.75. The molecule has 1 atom stereocenters. The summed E-state index contributed by atoms with van der Waals surface area (Å²) >= 11 is 0. The van der Waals surface area contributed by atoms with Gasteiger partial charge in [-0.25, -0.2) is 0 Å². The van der Waals surface area contributed by atoms with Crippen molar-refractivity contribution in [3.63, 3.8) is 0 Å². The highest BCUT2D eigenvalue weighted by Crippen LogP contribution is 2.27. The molecule has 1 unspecified atom stereocenters. The molecular weight excluding hydrogens is 190 g/mol. The second-order valence-electron chi connectivity index (χ2n) is 4.77. The number of piperidine rings is 3. The first-order chi connectivity index (χ1) is 7.25. The number of nitrogens with two attached hydrogens (primary N) is 1. The Labute approximate surface area is 91.2 Å². The van der Waals surface area contributed by atoms with E-state index < -0.39 is 0 Å². The molecule has 0 aromatic rings. The van der Waals surface area contributed by atoms with E-state index in [0.717, 1.165) is 18.9 Å². The van der Waals surface area contributed by atoms with E-state index in [1.165, 1.54) is 32.5 Å². The molecule has 3 aliphatic rings. The Hall–Kier alpha value is -0.610.